The number of hydrogen-bond donors (Lipinski definition) is 0. The van der Waals surface area contributed by atoms with E-state index in [1.165, 1.54) is 5.56 Å². The fraction of sp³-hybridized carbons (Fsp3) is 0.182. The molecule has 0 fully saturated rings. The van der Waals surface area contributed by atoms with Crippen LogP contribution in [-0.2, 0) is 13.0 Å². The van der Waals surface area contributed by atoms with Crippen LogP contribution in [0.15, 0.2) is 60.7 Å². The van der Waals surface area contributed by atoms with Crippen LogP contribution in [0.1, 0.15) is 28.2 Å². The number of benzene rings is 2. The number of aryl methyl sites for hydroxylation is 3. The number of para-hydroxylation sites is 1. The summed E-state index contributed by atoms with van der Waals surface area (Å²) in [5, 5.41) is 13.3. The van der Waals surface area contributed by atoms with E-state index in [1.807, 2.05) is 31.2 Å². The molecular formula is C22H19N2NaO2. The first-order valence-electron chi connectivity index (χ1n) is 8.79. The van der Waals surface area contributed by atoms with Crippen LogP contribution in [0.2, 0.25) is 0 Å². The Balaban J connectivity index is 0.00000210. The zero-order valence-electron chi connectivity index (χ0n) is 15.6. The molecule has 2 aromatic carbocycles. The molecule has 0 spiro atoms. The van der Waals surface area contributed by atoms with Crippen LogP contribution in [0, 0.1) is 6.92 Å². The molecule has 0 aliphatic carbocycles. The predicted molar refractivity (Wildman–Crippen MR) is 101 cm³/mol. The van der Waals surface area contributed by atoms with Crippen molar-refractivity contribution in [3.8, 4) is 0 Å². The molecular weight excluding hydrogens is 347 g/mol. The van der Waals surface area contributed by atoms with Crippen LogP contribution in [0.4, 0.5) is 0 Å². The maximum absolute atomic E-state index is 11.3. The van der Waals surface area contributed by atoms with Crippen LogP contribution >= 0.6 is 0 Å². The first kappa shape index (κ1) is 19.6. The van der Waals surface area contributed by atoms with Gasteiger partial charge in [0, 0.05) is 22.8 Å². The van der Waals surface area contributed by atoms with Gasteiger partial charge in [0.2, 0.25) is 0 Å². The van der Waals surface area contributed by atoms with E-state index in [4.69, 9.17) is 0 Å². The Labute approximate surface area is 180 Å². The largest absolute Gasteiger partial charge is 1.00 e. The summed E-state index contributed by atoms with van der Waals surface area (Å²) in [6, 6.07) is 20.2. The molecule has 0 unspecified atom stereocenters. The topological polar surface area (TPSA) is 57.9 Å². The second-order valence-electron chi connectivity index (χ2n) is 6.53. The number of carboxylic acids is 1. The Hall–Kier alpha value is -2.14. The number of aromatic nitrogens is 2. The second-order valence-corrected chi connectivity index (χ2v) is 6.53. The minimum Gasteiger partial charge on any atom is -0.543 e. The molecule has 4 aromatic rings. The zero-order valence-corrected chi connectivity index (χ0v) is 17.6. The molecule has 0 saturated carbocycles. The van der Waals surface area contributed by atoms with Crippen LogP contribution in [0.3, 0.4) is 0 Å². The van der Waals surface area contributed by atoms with E-state index in [9.17, 15) is 9.90 Å². The summed E-state index contributed by atoms with van der Waals surface area (Å²) in [7, 11) is 0. The number of nitrogens with zero attached hydrogens (tertiary/aromatic N) is 2. The molecule has 0 radical (unpaired) electrons. The van der Waals surface area contributed by atoms with Gasteiger partial charge in [0.25, 0.3) is 0 Å². The Morgan fingerprint density at radius 2 is 1.74 bits per heavy atom. The number of carbonyl (C=O) groups excluding carboxylic acids is 1. The summed E-state index contributed by atoms with van der Waals surface area (Å²) >= 11 is 0. The smallest absolute Gasteiger partial charge is 0.543 e. The van der Waals surface area contributed by atoms with Gasteiger partial charge >= 0.3 is 29.6 Å². The van der Waals surface area contributed by atoms with Gasteiger partial charge in [0.1, 0.15) is 0 Å². The predicted octanol–water partition coefficient (Wildman–Crippen LogP) is 0.498. The van der Waals surface area contributed by atoms with Crippen molar-refractivity contribution in [2.45, 2.75) is 26.3 Å². The SMILES string of the molecule is Cc1nc(C(=O)[O-])cc2c3ccccc3n(CCCc3ccccc3)c12.[Na+]. The molecule has 0 bridgehead atoms. The van der Waals surface area contributed by atoms with Crippen LogP contribution in [0.25, 0.3) is 21.8 Å². The van der Waals surface area contributed by atoms with Crippen LogP contribution < -0.4 is 34.7 Å². The molecule has 0 aliphatic rings. The van der Waals surface area contributed by atoms with Crippen molar-refractivity contribution in [1.29, 1.82) is 0 Å². The van der Waals surface area contributed by atoms with Gasteiger partial charge < -0.3 is 14.5 Å². The van der Waals surface area contributed by atoms with E-state index in [0.29, 0.717) is 0 Å². The number of carboxylic acid groups (broad SMARTS) is 1. The Kier molecular flexibility index (Phi) is 6.00. The van der Waals surface area contributed by atoms with Crippen LogP contribution in [-0.4, -0.2) is 15.5 Å². The number of pyridine rings is 1. The van der Waals surface area contributed by atoms with Crippen LogP contribution in [0.5, 0.6) is 0 Å². The Morgan fingerprint density at radius 3 is 2.48 bits per heavy atom. The Bertz CT molecular complexity index is 1100. The Morgan fingerprint density at radius 1 is 1.04 bits per heavy atom. The van der Waals surface area contributed by atoms with Crippen molar-refractivity contribution in [2.75, 3.05) is 0 Å². The molecule has 4 rings (SSSR count). The summed E-state index contributed by atoms with van der Waals surface area (Å²) in [6.07, 6.45) is 2.00. The normalized spacial score (nSPS) is 10.9. The standard InChI is InChI=1S/C22H20N2O2.Na/c1-15-21-18(14-19(23-15)22(25)26)17-11-5-6-12-20(17)24(21)13-7-10-16-8-3-2-4-9-16;/h2-6,8-9,11-12,14H,7,10,13H2,1H3,(H,25,26);/q;+1/p-1. The summed E-state index contributed by atoms with van der Waals surface area (Å²) in [5.74, 6) is -1.24. The molecule has 0 aliphatic heterocycles. The molecule has 0 amide bonds. The van der Waals surface area contributed by atoms with Gasteiger partial charge in [-0.3, -0.25) is 0 Å². The third kappa shape index (κ3) is 3.79. The molecule has 2 aromatic heterocycles. The average molecular weight is 366 g/mol. The molecule has 4 nitrogen and oxygen atoms in total. The molecule has 130 valence electrons. The fourth-order valence-electron chi connectivity index (χ4n) is 3.69. The number of aromatic carboxylic acids is 1. The van der Waals surface area contributed by atoms with E-state index >= 15 is 0 Å². The number of rotatable bonds is 5. The summed E-state index contributed by atoms with van der Waals surface area (Å²) < 4.78 is 2.26. The second kappa shape index (κ2) is 8.26. The monoisotopic (exact) mass is 366 g/mol. The molecule has 2 heterocycles. The number of hydrogen-bond acceptors (Lipinski definition) is 3. The first-order valence-corrected chi connectivity index (χ1v) is 8.79. The van der Waals surface area contributed by atoms with Gasteiger partial charge in [-0.25, -0.2) is 4.98 Å². The quantitative estimate of drug-likeness (QED) is 0.483. The molecule has 0 N–H and O–H groups in total. The number of carbonyl (C=O) groups is 1. The maximum atomic E-state index is 11.3. The molecule has 0 saturated heterocycles. The van der Waals surface area contributed by atoms with Gasteiger partial charge in [-0.15, -0.1) is 0 Å². The van der Waals surface area contributed by atoms with Crippen molar-refractivity contribution in [3.05, 3.63) is 77.6 Å². The summed E-state index contributed by atoms with van der Waals surface area (Å²) in [4.78, 5) is 15.5. The summed E-state index contributed by atoms with van der Waals surface area (Å²) in [5.41, 5.74) is 4.14. The maximum Gasteiger partial charge on any atom is 1.00 e. The third-order valence-corrected chi connectivity index (χ3v) is 4.82. The average Bonchev–Trinajstić information content (AvgIpc) is 2.97. The van der Waals surface area contributed by atoms with E-state index in [1.54, 1.807) is 6.07 Å². The third-order valence-electron chi connectivity index (χ3n) is 4.82. The zero-order chi connectivity index (χ0) is 18.1. The van der Waals surface area contributed by atoms with E-state index in [0.717, 1.165) is 46.9 Å². The molecule has 27 heavy (non-hydrogen) atoms. The van der Waals surface area contributed by atoms with Gasteiger partial charge in [-0.1, -0.05) is 48.5 Å². The van der Waals surface area contributed by atoms with Gasteiger partial charge in [0.15, 0.2) is 0 Å². The number of fused-ring (bicyclic) bond motifs is 3. The van der Waals surface area contributed by atoms with E-state index in [-0.39, 0.29) is 35.3 Å². The molecule has 0 atom stereocenters. The van der Waals surface area contributed by atoms with E-state index < -0.39 is 5.97 Å². The minimum absolute atomic E-state index is 0. The van der Waals surface area contributed by atoms with Crippen molar-refractivity contribution < 1.29 is 39.5 Å². The van der Waals surface area contributed by atoms with Crippen molar-refractivity contribution in [1.82, 2.24) is 9.55 Å². The minimum atomic E-state index is -1.24. The van der Waals surface area contributed by atoms with Crippen molar-refractivity contribution >= 4 is 27.8 Å². The van der Waals surface area contributed by atoms with Gasteiger partial charge in [-0.2, -0.15) is 0 Å². The first-order chi connectivity index (χ1) is 12.6. The van der Waals surface area contributed by atoms with Gasteiger partial charge in [0.05, 0.1) is 22.9 Å². The summed E-state index contributed by atoms with van der Waals surface area (Å²) in [6.45, 7) is 2.72. The van der Waals surface area contributed by atoms with Gasteiger partial charge in [-0.05, 0) is 37.5 Å². The fourth-order valence-corrected chi connectivity index (χ4v) is 3.69. The van der Waals surface area contributed by atoms with Crippen molar-refractivity contribution in [3.63, 3.8) is 0 Å². The van der Waals surface area contributed by atoms with Crippen molar-refractivity contribution in [2.24, 2.45) is 0 Å². The molecule has 5 heteroatoms. The van der Waals surface area contributed by atoms with E-state index in [2.05, 4.69) is 39.9 Å².